The van der Waals surface area contributed by atoms with Crippen LogP contribution in [-0.2, 0) is 19.3 Å². The van der Waals surface area contributed by atoms with E-state index in [4.69, 9.17) is 14.2 Å². The average Bonchev–Trinajstić information content (AvgIpc) is 2.81. The number of likely N-dealkylation sites (tertiary alicyclic amines) is 1. The Morgan fingerprint density at radius 3 is 2.20 bits per heavy atom. The average molecular weight is 523 g/mol. The molecule has 12 heteroatoms. The maximum Gasteiger partial charge on any atom is 0.410 e. The first-order valence-corrected chi connectivity index (χ1v) is 13.6. The lowest BCUT2D eigenvalue weighted by Crippen LogP contribution is -2.48. The van der Waals surface area contributed by atoms with E-state index in [1.54, 1.807) is 13.0 Å². The predicted octanol–water partition coefficient (Wildman–Crippen LogP) is 4.09. The highest BCUT2D eigenvalue weighted by atomic mass is 32.2. The van der Waals surface area contributed by atoms with Gasteiger partial charge >= 0.3 is 6.09 Å². The third kappa shape index (κ3) is 7.22. The Bertz CT molecular complexity index is 979. The summed E-state index contributed by atoms with van der Waals surface area (Å²) in [4.78, 5) is 17.6. The summed E-state index contributed by atoms with van der Waals surface area (Å²) in [7, 11) is -3.37. The molecule has 2 heterocycles. The number of alkyl halides is 3. The fraction of sp³-hybridized carbons (Fsp3) is 0.739. The van der Waals surface area contributed by atoms with Crippen LogP contribution in [0, 0.1) is 6.92 Å². The standard InChI is InChI=1S/C23H33F3N2O6S/c1-15-19(8-9-20(27-15)35(3,30)31)33-17-6-4-16(5-7-17)32-18-10-12-28(13-11-18)22(29)34-23(2,14-24)21(25)26/h8-9,16-18,21H,4-7,10-14H2,1-3H3. The van der Waals surface area contributed by atoms with Gasteiger partial charge in [0.25, 0.3) is 6.43 Å². The summed E-state index contributed by atoms with van der Waals surface area (Å²) < 4.78 is 79.2. The van der Waals surface area contributed by atoms with Gasteiger partial charge in [0.05, 0.1) is 24.0 Å². The first kappa shape index (κ1) is 27.5. The molecule has 8 nitrogen and oxygen atoms in total. The van der Waals surface area contributed by atoms with E-state index in [9.17, 15) is 26.4 Å². The number of rotatable bonds is 8. The van der Waals surface area contributed by atoms with E-state index in [0.717, 1.165) is 38.9 Å². The molecule has 0 radical (unpaired) electrons. The molecule has 0 aromatic carbocycles. The Hall–Kier alpha value is -2.08. The fourth-order valence-corrected chi connectivity index (χ4v) is 4.78. The molecule has 2 fully saturated rings. The molecular formula is C23H33F3N2O6S. The van der Waals surface area contributed by atoms with Gasteiger partial charge in [0, 0.05) is 19.3 Å². The molecule has 1 aromatic heterocycles. The molecule has 0 bridgehead atoms. The summed E-state index contributed by atoms with van der Waals surface area (Å²) in [5.41, 5.74) is -1.91. The Morgan fingerprint density at radius 1 is 1.11 bits per heavy atom. The van der Waals surface area contributed by atoms with Crippen molar-refractivity contribution in [2.45, 2.75) is 87.7 Å². The predicted molar refractivity (Wildman–Crippen MR) is 121 cm³/mol. The first-order valence-electron chi connectivity index (χ1n) is 11.7. The Morgan fingerprint density at radius 2 is 1.69 bits per heavy atom. The summed E-state index contributed by atoms with van der Waals surface area (Å²) in [6.45, 7) is 1.73. The van der Waals surface area contributed by atoms with Crippen LogP contribution in [0.15, 0.2) is 17.2 Å². The molecule has 1 atom stereocenters. The maximum atomic E-state index is 13.0. The van der Waals surface area contributed by atoms with Crippen LogP contribution in [0.25, 0.3) is 0 Å². The number of ether oxygens (including phenoxy) is 3. The minimum atomic E-state index is -3.37. The van der Waals surface area contributed by atoms with E-state index in [2.05, 4.69) is 4.98 Å². The largest absolute Gasteiger partial charge is 0.489 e. The molecule has 1 saturated heterocycles. The van der Waals surface area contributed by atoms with E-state index in [-0.39, 0.29) is 23.3 Å². The molecule has 3 rings (SSSR count). The molecule has 1 saturated carbocycles. The number of pyridine rings is 1. The minimum Gasteiger partial charge on any atom is -0.489 e. The second-order valence-corrected chi connectivity index (χ2v) is 11.4. The zero-order chi connectivity index (χ0) is 25.8. The number of hydrogen-bond acceptors (Lipinski definition) is 7. The van der Waals surface area contributed by atoms with Crippen molar-refractivity contribution in [2.75, 3.05) is 26.0 Å². The molecule has 198 valence electrons. The molecule has 1 amide bonds. The number of carbonyl (C=O) groups is 1. The highest BCUT2D eigenvalue weighted by Gasteiger charge is 2.41. The van der Waals surface area contributed by atoms with E-state index < -0.39 is 34.6 Å². The van der Waals surface area contributed by atoms with Gasteiger partial charge in [-0.1, -0.05) is 0 Å². The molecule has 2 aliphatic rings. The summed E-state index contributed by atoms with van der Waals surface area (Å²) in [5.74, 6) is 0.566. The number of carbonyl (C=O) groups excluding carboxylic acids is 1. The summed E-state index contributed by atoms with van der Waals surface area (Å²) in [6.07, 6.45) is 1.29. The van der Waals surface area contributed by atoms with Crippen molar-refractivity contribution in [2.24, 2.45) is 0 Å². The van der Waals surface area contributed by atoms with E-state index >= 15 is 0 Å². The number of aromatic nitrogens is 1. The number of piperidine rings is 1. The van der Waals surface area contributed by atoms with Crippen LogP contribution in [0.4, 0.5) is 18.0 Å². The SMILES string of the molecule is Cc1nc(S(C)(=O)=O)ccc1OC1CCC(OC2CCN(C(=O)OC(C)(CF)C(F)F)CC2)CC1. The van der Waals surface area contributed by atoms with Crippen molar-refractivity contribution in [1.29, 1.82) is 0 Å². The smallest absolute Gasteiger partial charge is 0.410 e. The van der Waals surface area contributed by atoms with Crippen molar-refractivity contribution >= 4 is 15.9 Å². The molecule has 0 spiro atoms. The second kappa shape index (κ2) is 11.3. The maximum absolute atomic E-state index is 13.0. The normalized spacial score (nSPS) is 23.7. The van der Waals surface area contributed by atoms with Crippen LogP contribution in [0.1, 0.15) is 51.1 Å². The monoisotopic (exact) mass is 522 g/mol. The Labute approximate surface area is 204 Å². The van der Waals surface area contributed by atoms with Crippen LogP contribution in [0.2, 0.25) is 0 Å². The van der Waals surface area contributed by atoms with Gasteiger partial charge in [-0.05, 0) is 64.5 Å². The van der Waals surface area contributed by atoms with Gasteiger partial charge in [0.1, 0.15) is 12.4 Å². The van der Waals surface area contributed by atoms with Gasteiger partial charge in [-0.2, -0.15) is 0 Å². The van der Waals surface area contributed by atoms with Gasteiger partial charge in [0.2, 0.25) is 0 Å². The van der Waals surface area contributed by atoms with Crippen LogP contribution in [-0.4, -0.2) is 80.8 Å². The van der Waals surface area contributed by atoms with Gasteiger partial charge in [-0.3, -0.25) is 0 Å². The zero-order valence-electron chi connectivity index (χ0n) is 20.2. The summed E-state index contributed by atoms with van der Waals surface area (Å²) in [6, 6.07) is 3.08. The number of nitrogens with zero attached hydrogens (tertiary/aromatic N) is 2. The molecule has 1 aliphatic heterocycles. The van der Waals surface area contributed by atoms with E-state index in [0.29, 0.717) is 37.4 Å². The quantitative estimate of drug-likeness (QED) is 0.507. The third-order valence-electron chi connectivity index (χ3n) is 6.44. The van der Waals surface area contributed by atoms with Gasteiger partial charge in [-0.15, -0.1) is 0 Å². The number of amides is 1. The second-order valence-electron chi connectivity index (χ2n) is 9.46. The third-order valence-corrected chi connectivity index (χ3v) is 7.43. The number of aryl methyl sites for hydroxylation is 1. The number of hydrogen-bond donors (Lipinski definition) is 0. The molecule has 0 N–H and O–H groups in total. The van der Waals surface area contributed by atoms with Crippen molar-refractivity contribution < 1.29 is 40.6 Å². The highest BCUT2D eigenvalue weighted by molar-refractivity contribution is 7.90. The molecule has 1 aliphatic carbocycles. The molecular weight excluding hydrogens is 489 g/mol. The lowest BCUT2D eigenvalue weighted by Gasteiger charge is -2.37. The van der Waals surface area contributed by atoms with Crippen LogP contribution in [0.5, 0.6) is 5.75 Å². The molecule has 1 unspecified atom stereocenters. The Balaban J connectivity index is 1.41. The lowest BCUT2D eigenvalue weighted by molar-refractivity contribution is -0.113. The van der Waals surface area contributed by atoms with Crippen molar-refractivity contribution in [3.05, 3.63) is 17.8 Å². The zero-order valence-corrected chi connectivity index (χ0v) is 21.0. The number of sulfone groups is 1. The fourth-order valence-electron chi connectivity index (χ4n) is 4.16. The van der Waals surface area contributed by atoms with Gasteiger partial charge in [-0.25, -0.2) is 31.4 Å². The minimum absolute atomic E-state index is 0.0178. The summed E-state index contributed by atoms with van der Waals surface area (Å²) >= 11 is 0. The van der Waals surface area contributed by atoms with Gasteiger partial charge in [0.15, 0.2) is 20.5 Å². The van der Waals surface area contributed by atoms with Crippen LogP contribution < -0.4 is 4.74 Å². The highest BCUT2D eigenvalue weighted by Crippen LogP contribution is 2.30. The van der Waals surface area contributed by atoms with Crippen LogP contribution in [0.3, 0.4) is 0 Å². The topological polar surface area (TPSA) is 95.0 Å². The van der Waals surface area contributed by atoms with Crippen molar-refractivity contribution in [3.63, 3.8) is 0 Å². The van der Waals surface area contributed by atoms with E-state index in [1.807, 2.05) is 0 Å². The molecule has 1 aromatic rings. The molecule has 35 heavy (non-hydrogen) atoms. The lowest BCUT2D eigenvalue weighted by atomic mass is 9.94. The first-order chi connectivity index (χ1) is 16.4. The van der Waals surface area contributed by atoms with Crippen LogP contribution >= 0.6 is 0 Å². The van der Waals surface area contributed by atoms with Crippen molar-refractivity contribution in [1.82, 2.24) is 9.88 Å². The van der Waals surface area contributed by atoms with Gasteiger partial charge < -0.3 is 19.1 Å². The number of halogens is 3. The van der Waals surface area contributed by atoms with Crippen molar-refractivity contribution in [3.8, 4) is 5.75 Å². The summed E-state index contributed by atoms with van der Waals surface area (Å²) in [5, 5.41) is 0.0178. The Kier molecular flexibility index (Phi) is 8.90. The van der Waals surface area contributed by atoms with E-state index in [1.165, 1.54) is 11.0 Å².